The van der Waals surface area contributed by atoms with E-state index in [0.29, 0.717) is 0 Å². The van der Waals surface area contributed by atoms with Gasteiger partial charge in [-0.05, 0) is 0 Å². The molecule has 0 radical (unpaired) electrons. The fourth-order valence-corrected chi connectivity index (χ4v) is 1.10. The predicted molar refractivity (Wildman–Crippen MR) is 24.0 cm³/mol. The quantitative estimate of drug-likeness (QED) is 0.417. The van der Waals surface area contributed by atoms with Crippen LogP contribution in [0.15, 0.2) is 0 Å². The lowest BCUT2D eigenvalue weighted by atomic mass is 10.1. The maximum absolute atomic E-state index is 10.5. The first-order valence-corrected chi connectivity index (χ1v) is 2.60. The van der Waals surface area contributed by atoms with E-state index < -0.39 is 5.79 Å². The first kappa shape index (κ1) is 4.32. The minimum Gasteiger partial charge on any atom is -0.431 e. The third kappa shape index (κ3) is 0.314. The van der Waals surface area contributed by atoms with Crippen LogP contribution in [0.25, 0.3) is 0 Å². The lowest BCUT2D eigenvalue weighted by molar-refractivity contribution is -0.227. The number of hydrogen-bond donors (Lipinski definition) is 0. The zero-order chi connectivity index (χ0) is 5.78. The van der Waals surface area contributed by atoms with Crippen LogP contribution in [-0.2, 0) is 14.3 Å². The first-order valence-electron chi connectivity index (χ1n) is 2.60. The van der Waals surface area contributed by atoms with Crippen LogP contribution >= 0.6 is 0 Å². The van der Waals surface area contributed by atoms with Crippen molar-refractivity contribution >= 4 is 5.97 Å². The second kappa shape index (κ2) is 0.910. The van der Waals surface area contributed by atoms with Gasteiger partial charge in [0.25, 0.3) is 0 Å². The lowest BCUT2D eigenvalue weighted by Crippen LogP contribution is -2.39. The zero-order valence-electron chi connectivity index (χ0n) is 4.51. The van der Waals surface area contributed by atoms with Crippen LogP contribution in [0.3, 0.4) is 0 Å². The van der Waals surface area contributed by atoms with E-state index in [1.165, 1.54) is 0 Å². The highest BCUT2D eigenvalue weighted by atomic mass is 16.8. The van der Waals surface area contributed by atoms with Crippen LogP contribution in [0.4, 0.5) is 0 Å². The predicted octanol–water partition coefficient (Wildman–Crippen LogP) is 0.0483. The van der Waals surface area contributed by atoms with Crippen molar-refractivity contribution in [3.8, 4) is 0 Å². The van der Waals surface area contributed by atoms with E-state index in [1.807, 2.05) is 0 Å². The van der Waals surface area contributed by atoms with Crippen molar-refractivity contribution in [1.82, 2.24) is 0 Å². The Kier molecular flexibility index (Phi) is 0.492. The van der Waals surface area contributed by atoms with E-state index in [4.69, 9.17) is 9.47 Å². The maximum Gasteiger partial charge on any atom is 0.338 e. The monoisotopic (exact) mass is 114 g/mol. The minimum absolute atomic E-state index is 0.201. The van der Waals surface area contributed by atoms with Gasteiger partial charge in [-0.25, -0.2) is 4.79 Å². The molecule has 8 heavy (non-hydrogen) atoms. The van der Waals surface area contributed by atoms with Gasteiger partial charge in [0, 0.05) is 6.92 Å². The van der Waals surface area contributed by atoms with Gasteiger partial charge in [-0.1, -0.05) is 0 Å². The van der Waals surface area contributed by atoms with Gasteiger partial charge in [-0.2, -0.15) is 0 Å². The SMILES string of the molecule is CC12CC(O1)C(=O)O2. The Balaban J connectivity index is 2.28. The molecular weight excluding hydrogens is 108 g/mol. The molecule has 3 saturated heterocycles. The fraction of sp³-hybridized carbons (Fsp3) is 0.800. The number of rotatable bonds is 0. The molecule has 0 aliphatic carbocycles. The van der Waals surface area contributed by atoms with Crippen molar-refractivity contribution < 1.29 is 14.3 Å². The second-order valence-electron chi connectivity index (χ2n) is 2.37. The Bertz CT molecular complexity index is 146. The summed E-state index contributed by atoms with van der Waals surface area (Å²) in [6.07, 6.45) is 0.506. The van der Waals surface area contributed by atoms with Crippen LogP contribution in [0, 0.1) is 0 Å². The summed E-state index contributed by atoms with van der Waals surface area (Å²) in [5, 5.41) is 0. The smallest absolute Gasteiger partial charge is 0.338 e. The summed E-state index contributed by atoms with van der Waals surface area (Å²) in [5.74, 6) is -0.741. The molecule has 3 fully saturated rings. The Morgan fingerprint density at radius 2 is 2.50 bits per heavy atom. The summed E-state index contributed by atoms with van der Waals surface area (Å²) in [6.45, 7) is 1.77. The molecule has 3 aliphatic rings. The van der Waals surface area contributed by atoms with Gasteiger partial charge < -0.3 is 9.47 Å². The summed E-state index contributed by atoms with van der Waals surface area (Å²) in [6, 6.07) is 0. The molecule has 3 nitrogen and oxygen atoms in total. The molecule has 2 bridgehead atoms. The highest BCUT2D eigenvalue weighted by Gasteiger charge is 2.57. The maximum atomic E-state index is 10.5. The van der Waals surface area contributed by atoms with E-state index in [9.17, 15) is 4.79 Å². The molecule has 0 aromatic carbocycles. The molecule has 44 valence electrons. The van der Waals surface area contributed by atoms with Crippen molar-refractivity contribution in [2.75, 3.05) is 0 Å². The molecule has 3 heterocycles. The van der Waals surface area contributed by atoms with Gasteiger partial charge in [0.15, 0.2) is 6.10 Å². The Labute approximate surface area is 46.6 Å². The Morgan fingerprint density at radius 1 is 1.88 bits per heavy atom. The van der Waals surface area contributed by atoms with Gasteiger partial charge in [-0.3, -0.25) is 0 Å². The molecule has 2 atom stereocenters. The summed E-state index contributed by atoms with van der Waals surface area (Å²) in [7, 11) is 0. The summed E-state index contributed by atoms with van der Waals surface area (Å²) < 4.78 is 9.74. The van der Waals surface area contributed by atoms with E-state index in [1.54, 1.807) is 6.92 Å². The van der Waals surface area contributed by atoms with Crippen molar-refractivity contribution in [3.63, 3.8) is 0 Å². The average Bonchev–Trinajstić information content (AvgIpc) is 1.88. The third-order valence-electron chi connectivity index (χ3n) is 1.53. The topological polar surface area (TPSA) is 35.5 Å². The molecule has 3 aliphatic heterocycles. The van der Waals surface area contributed by atoms with Gasteiger partial charge in [0.1, 0.15) is 0 Å². The Hall–Kier alpha value is -0.570. The van der Waals surface area contributed by atoms with Gasteiger partial charge in [0.2, 0.25) is 5.79 Å². The molecule has 3 rings (SSSR count). The largest absolute Gasteiger partial charge is 0.431 e. The highest BCUT2D eigenvalue weighted by Crippen LogP contribution is 2.41. The van der Waals surface area contributed by atoms with Crippen LogP contribution in [0.5, 0.6) is 0 Å². The number of carbonyl (C=O) groups is 1. The highest BCUT2D eigenvalue weighted by molar-refractivity contribution is 5.79. The number of carbonyl (C=O) groups excluding carboxylic acids is 1. The van der Waals surface area contributed by atoms with E-state index in [-0.39, 0.29) is 12.1 Å². The molecular formula is C5H6O3. The van der Waals surface area contributed by atoms with Crippen molar-refractivity contribution in [2.24, 2.45) is 0 Å². The van der Waals surface area contributed by atoms with E-state index >= 15 is 0 Å². The molecule has 0 spiro atoms. The molecule has 3 heteroatoms. The number of esters is 1. The van der Waals surface area contributed by atoms with Crippen molar-refractivity contribution in [3.05, 3.63) is 0 Å². The van der Waals surface area contributed by atoms with E-state index in [0.717, 1.165) is 6.42 Å². The van der Waals surface area contributed by atoms with Crippen LogP contribution in [-0.4, -0.2) is 17.9 Å². The third-order valence-corrected chi connectivity index (χ3v) is 1.53. The number of hydrogen-bond acceptors (Lipinski definition) is 3. The fourth-order valence-electron chi connectivity index (χ4n) is 1.10. The molecule has 0 N–H and O–H groups in total. The van der Waals surface area contributed by atoms with Crippen LogP contribution in [0.2, 0.25) is 0 Å². The van der Waals surface area contributed by atoms with Crippen molar-refractivity contribution in [2.45, 2.75) is 25.2 Å². The van der Waals surface area contributed by atoms with Gasteiger partial charge >= 0.3 is 5.97 Å². The van der Waals surface area contributed by atoms with Crippen LogP contribution < -0.4 is 0 Å². The number of fused-ring (bicyclic) bond motifs is 1. The average molecular weight is 114 g/mol. The Morgan fingerprint density at radius 3 is 2.62 bits per heavy atom. The molecule has 0 saturated carbocycles. The summed E-state index contributed by atoms with van der Waals surface area (Å²) in [5.41, 5.74) is 0. The lowest BCUT2D eigenvalue weighted by Gasteiger charge is -2.28. The molecule has 0 aromatic rings. The van der Waals surface area contributed by atoms with Gasteiger partial charge in [0.05, 0.1) is 6.42 Å². The summed E-state index contributed by atoms with van der Waals surface area (Å²) >= 11 is 0. The zero-order valence-corrected chi connectivity index (χ0v) is 4.51. The first-order chi connectivity index (χ1) is 3.70. The number of ether oxygens (including phenoxy) is 2. The molecule has 0 amide bonds. The summed E-state index contributed by atoms with van der Waals surface area (Å²) in [4.78, 5) is 10.5. The van der Waals surface area contributed by atoms with Crippen LogP contribution in [0.1, 0.15) is 13.3 Å². The minimum atomic E-state index is -0.540. The molecule has 0 aromatic heterocycles. The van der Waals surface area contributed by atoms with Gasteiger partial charge in [-0.15, -0.1) is 0 Å². The molecule has 2 unspecified atom stereocenters. The van der Waals surface area contributed by atoms with E-state index in [2.05, 4.69) is 0 Å². The standard InChI is InChI=1S/C5H6O3/c1-5-2-3(7-5)4(6)8-5/h3H,2H2,1H3. The second-order valence-corrected chi connectivity index (χ2v) is 2.37. The van der Waals surface area contributed by atoms with Crippen molar-refractivity contribution in [1.29, 1.82) is 0 Å². The normalized spacial score (nSPS) is 50.6.